The molecule has 4 rings (SSSR count). The lowest BCUT2D eigenvalue weighted by atomic mass is 9.95. The van der Waals surface area contributed by atoms with Gasteiger partial charge < -0.3 is 10.6 Å². The highest BCUT2D eigenvalue weighted by molar-refractivity contribution is 6.33. The molecular weight excluding hydrogens is 369 g/mol. The number of benzene rings is 2. The predicted molar refractivity (Wildman–Crippen MR) is 101 cm³/mol. The molecule has 0 bridgehead atoms. The molecule has 3 aromatic rings. The van der Waals surface area contributed by atoms with Crippen LogP contribution in [0.2, 0.25) is 5.02 Å². The van der Waals surface area contributed by atoms with E-state index in [4.69, 9.17) is 11.6 Å². The molecule has 0 aliphatic carbocycles. The molecular formula is C19H15ClFN5O. The third kappa shape index (κ3) is 3.17. The second-order valence-electron chi connectivity index (χ2n) is 6.08. The third-order valence-electron chi connectivity index (χ3n) is 4.33. The van der Waals surface area contributed by atoms with Gasteiger partial charge in [-0.25, -0.2) is 9.07 Å². The van der Waals surface area contributed by atoms with Crippen LogP contribution in [0.3, 0.4) is 0 Å². The molecule has 0 radical (unpaired) electrons. The van der Waals surface area contributed by atoms with Crippen LogP contribution in [0.1, 0.15) is 18.5 Å². The Labute approximate surface area is 159 Å². The fraction of sp³-hybridized carbons (Fsp3) is 0.105. The number of nitrogens with zero attached hydrogens (tertiary/aromatic N) is 3. The normalized spacial score (nSPS) is 15.9. The fourth-order valence-corrected chi connectivity index (χ4v) is 3.31. The van der Waals surface area contributed by atoms with E-state index in [2.05, 4.69) is 20.7 Å². The molecule has 136 valence electrons. The quantitative estimate of drug-likeness (QED) is 0.717. The van der Waals surface area contributed by atoms with Gasteiger partial charge in [0.2, 0.25) is 5.95 Å². The smallest absolute Gasteiger partial charge is 0.255 e. The van der Waals surface area contributed by atoms with Crippen LogP contribution in [0, 0.1) is 5.82 Å². The summed E-state index contributed by atoms with van der Waals surface area (Å²) in [6.45, 7) is 1.77. The van der Waals surface area contributed by atoms with E-state index in [0.717, 1.165) is 0 Å². The Kier molecular flexibility index (Phi) is 4.37. The Morgan fingerprint density at radius 3 is 2.85 bits per heavy atom. The van der Waals surface area contributed by atoms with Crippen molar-refractivity contribution in [3.05, 3.63) is 82.5 Å². The summed E-state index contributed by atoms with van der Waals surface area (Å²) >= 11 is 6.16. The van der Waals surface area contributed by atoms with Crippen LogP contribution >= 0.6 is 11.6 Å². The lowest BCUT2D eigenvalue weighted by Gasteiger charge is -2.28. The second kappa shape index (κ2) is 6.85. The fourth-order valence-electron chi connectivity index (χ4n) is 3.12. The lowest BCUT2D eigenvalue weighted by molar-refractivity contribution is -0.113. The summed E-state index contributed by atoms with van der Waals surface area (Å²) in [5.41, 5.74) is 2.09. The van der Waals surface area contributed by atoms with Crippen molar-refractivity contribution in [2.75, 3.05) is 10.6 Å². The van der Waals surface area contributed by atoms with Crippen LogP contribution in [-0.2, 0) is 4.79 Å². The zero-order valence-electron chi connectivity index (χ0n) is 14.3. The third-order valence-corrected chi connectivity index (χ3v) is 4.66. The van der Waals surface area contributed by atoms with E-state index < -0.39 is 11.9 Å². The molecule has 1 aromatic heterocycles. The minimum absolute atomic E-state index is 0.358. The van der Waals surface area contributed by atoms with Crippen LogP contribution in [0.15, 0.2) is 66.1 Å². The van der Waals surface area contributed by atoms with Crippen molar-refractivity contribution in [1.29, 1.82) is 0 Å². The number of carbonyl (C=O) groups is 1. The minimum atomic E-state index is -0.623. The number of aromatic nitrogens is 3. The Hall–Kier alpha value is -3.19. The minimum Gasteiger partial charge on any atom is -0.328 e. The summed E-state index contributed by atoms with van der Waals surface area (Å²) in [4.78, 5) is 17.3. The average molecular weight is 384 g/mol. The van der Waals surface area contributed by atoms with Gasteiger partial charge in [-0.3, -0.25) is 4.79 Å². The molecule has 1 aliphatic heterocycles. The summed E-state index contributed by atoms with van der Waals surface area (Å²) < 4.78 is 15.4. The molecule has 2 heterocycles. The average Bonchev–Trinajstić information content (AvgIpc) is 3.10. The van der Waals surface area contributed by atoms with Gasteiger partial charge in [0.1, 0.15) is 18.2 Å². The first-order valence-corrected chi connectivity index (χ1v) is 8.61. The zero-order valence-corrected chi connectivity index (χ0v) is 15.0. The van der Waals surface area contributed by atoms with Crippen molar-refractivity contribution in [3.8, 4) is 0 Å². The maximum Gasteiger partial charge on any atom is 0.255 e. The van der Waals surface area contributed by atoms with Gasteiger partial charge in [0, 0.05) is 5.70 Å². The van der Waals surface area contributed by atoms with E-state index in [9.17, 15) is 9.18 Å². The number of hydrogen-bond acceptors (Lipinski definition) is 4. The number of halogens is 2. The number of carbonyl (C=O) groups excluding carboxylic acids is 1. The van der Waals surface area contributed by atoms with Crippen LogP contribution < -0.4 is 10.6 Å². The first kappa shape index (κ1) is 17.2. The summed E-state index contributed by atoms with van der Waals surface area (Å²) in [6, 6.07) is 12.4. The molecule has 8 heteroatoms. The van der Waals surface area contributed by atoms with Crippen LogP contribution in [0.5, 0.6) is 0 Å². The number of amides is 1. The molecule has 0 unspecified atom stereocenters. The van der Waals surface area contributed by atoms with Gasteiger partial charge in [-0.1, -0.05) is 35.9 Å². The molecule has 1 amide bonds. The summed E-state index contributed by atoms with van der Waals surface area (Å²) in [7, 11) is 0. The number of allylic oxidation sites excluding steroid dienone is 1. The Morgan fingerprint density at radius 2 is 2.07 bits per heavy atom. The van der Waals surface area contributed by atoms with Gasteiger partial charge in [-0.2, -0.15) is 10.1 Å². The van der Waals surface area contributed by atoms with E-state index in [-0.39, 0.29) is 5.91 Å². The molecule has 2 N–H and O–H groups in total. The standard InChI is InChI=1S/C19H15ClFN5O/c1-11-16(18(27)25-15-8-3-2-7-14(15)20)17(12-5-4-6-13(21)9-12)26-19(24-11)22-10-23-26/h2-10,17H,1H3,(H,25,27)(H,22,23,24)/t17-/m0/s1. The van der Waals surface area contributed by atoms with E-state index in [1.807, 2.05) is 0 Å². The van der Waals surface area contributed by atoms with Crippen molar-refractivity contribution in [1.82, 2.24) is 14.8 Å². The SMILES string of the molecule is CC1=C(C(=O)Nc2ccccc2Cl)[C@H](c2cccc(F)c2)n2ncnc2N1. The molecule has 1 atom stereocenters. The topological polar surface area (TPSA) is 71.8 Å². The summed E-state index contributed by atoms with van der Waals surface area (Å²) in [6.07, 6.45) is 1.39. The number of hydrogen-bond donors (Lipinski definition) is 2. The molecule has 0 spiro atoms. The lowest BCUT2D eigenvalue weighted by Crippen LogP contribution is -2.31. The number of fused-ring (bicyclic) bond motifs is 1. The predicted octanol–water partition coefficient (Wildman–Crippen LogP) is 4.00. The largest absolute Gasteiger partial charge is 0.328 e. The van der Waals surface area contributed by atoms with Crippen molar-refractivity contribution in [2.45, 2.75) is 13.0 Å². The zero-order chi connectivity index (χ0) is 19.0. The first-order chi connectivity index (χ1) is 13.0. The number of para-hydroxylation sites is 1. The monoisotopic (exact) mass is 383 g/mol. The summed E-state index contributed by atoms with van der Waals surface area (Å²) in [5, 5.41) is 10.5. The van der Waals surface area contributed by atoms with Gasteiger partial charge in [-0.15, -0.1) is 0 Å². The van der Waals surface area contributed by atoms with Crippen LogP contribution in [0.25, 0.3) is 0 Å². The first-order valence-electron chi connectivity index (χ1n) is 8.23. The highest BCUT2D eigenvalue weighted by atomic mass is 35.5. The molecule has 1 aliphatic rings. The van der Waals surface area contributed by atoms with Gasteiger partial charge >= 0.3 is 0 Å². The molecule has 27 heavy (non-hydrogen) atoms. The van der Waals surface area contributed by atoms with Crippen molar-refractivity contribution in [3.63, 3.8) is 0 Å². The number of rotatable bonds is 3. The maximum atomic E-state index is 13.9. The van der Waals surface area contributed by atoms with Gasteiger partial charge in [-0.05, 0) is 36.8 Å². The maximum absolute atomic E-state index is 13.9. The second-order valence-corrected chi connectivity index (χ2v) is 6.49. The van der Waals surface area contributed by atoms with Crippen molar-refractivity contribution >= 4 is 29.1 Å². The molecule has 2 aromatic carbocycles. The summed E-state index contributed by atoms with van der Waals surface area (Å²) in [5.74, 6) is -0.268. The van der Waals surface area contributed by atoms with E-state index in [1.165, 1.54) is 18.5 Å². The Morgan fingerprint density at radius 1 is 1.26 bits per heavy atom. The van der Waals surface area contributed by atoms with E-state index in [1.54, 1.807) is 48.0 Å². The van der Waals surface area contributed by atoms with Crippen LogP contribution in [0.4, 0.5) is 16.0 Å². The molecule has 0 saturated heterocycles. The van der Waals surface area contributed by atoms with Gasteiger partial charge in [0.15, 0.2) is 0 Å². The van der Waals surface area contributed by atoms with E-state index in [0.29, 0.717) is 33.5 Å². The molecule has 6 nitrogen and oxygen atoms in total. The number of anilines is 2. The van der Waals surface area contributed by atoms with Crippen molar-refractivity contribution in [2.24, 2.45) is 0 Å². The van der Waals surface area contributed by atoms with Crippen LogP contribution in [-0.4, -0.2) is 20.7 Å². The van der Waals surface area contributed by atoms with Crippen molar-refractivity contribution < 1.29 is 9.18 Å². The number of nitrogens with one attached hydrogen (secondary N) is 2. The van der Waals surface area contributed by atoms with Gasteiger partial charge in [0.05, 0.1) is 16.3 Å². The Balaban J connectivity index is 1.79. The molecule has 0 saturated carbocycles. The van der Waals surface area contributed by atoms with Gasteiger partial charge in [0.25, 0.3) is 5.91 Å². The highest BCUT2D eigenvalue weighted by Gasteiger charge is 2.33. The highest BCUT2D eigenvalue weighted by Crippen LogP contribution is 2.35. The molecule has 0 fully saturated rings. The van der Waals surface area contributed by atoms with E-state index >= 15 is 0 Å². The Bertz CT molecular complexity index is 1060.